The molecule has 0 aromatic heterocycles. The first-order chi connectivity index (χ1) is 5.24. The highest BCUT2D eigenvalue weighted by Gasteiger charge is 2.09. The molecule has 0 bridgehead atoms. The van der Waals surface area contributed by atoms with Crippen molar-refractivity contribution in [2.24, 2.45) is 5.92 Å². The zero-order valence-corrected chi connectivity index (χ0v) is 10.0. The summed E-state index contributed by atoms with van der Waals surface area (Å²) in [6.07, 6.45) is 4.03. The fraction of sp³-hybridized carbons (Fsp3) is 1.00. The topological polar surface area (TPSA) is 12.0 Å². The molecule has 0 aromatic carbocycles. The minimum atomic E-state index is 0.682. The van der Waals surface area contributed by atoms with Gasteiger partial charge in [-0.3, -0.25) is 0 Å². The van der Waals surface area contributed by atoms with E-state index in [1.54, 1.807) is 0 Å². The van der Waals surface area contributed by atoms with Crippen LogP contribution in [0.25, 0.3) is 0 Å². The van der Waals surface area contributed by atoms with Crippen LogP contribution in [0.15, 0.2) is 0 Å². The summed E-state index contributed by atoms with van der Waals surface area (Å²) in [5.74, 6) is 0.919. The molecule has 0 saturated heterocycles. The fourth-order valence-electron chi connectivity index (χ4n) is 1.28. The molecule has 0 spiro atoms. The molecule has 0 aliphatic rings. The van der Waals surface area contributed by atoms with E-state index in [2.05, 4.69) is 41.8 Å². The smallest absolute Gasteiger partial charge is 0.00386 e. The van der Waals surface area contributed by atoms with Gasteiger partial charge in [0.05, 0.1) is 0 Å². The SMILES string of the molecule is CCCC(CI)CC(C)NC. The number of hydrogen-bond donors (Lipinski definition) is 1. The molecule has 0 rings (SSSR count). The average Bonchev–Trinajstić information content (AvgIpc) is 2.03. The van der Waals surface area contributed by atoms with Gasteiger partial charge in [-0.2, -0.15) is 0 Å². The quantitative estimate of drug-likeness (QED) is 0.577. The van der Waals surface area contributed by atoms with E-state index in [1.807, 2.05) is 7.05 Å². The summed E-state index contributed by atoms with van der Waals surface area (Å²) in [5, 5.41) is 3.28. The second-order valence-electron chi connectivity index (χ2n) is 3.23. The van der Waals surface area contributed by atoms with Gasteiger partial charge in [0, 0.05) is 10.5 Å². The first-order valence-corrected chi connectivity index (χ1v) is 6.00. The maximum Gasteiger partial charge on any atom is 0.00386 e. The first kappa shape index (κ1) is 11.7. The van der Waals surface area contributed by atoms with Gasteiger partial charge in [-0.1, -0.05) is 35.9 Å². The zero-order chi connectivity index (χ0) is 8.69. The van der Waals surface area contributed by atoms with Crippen LogP contribution in [0.3, 0.4) is 0 Å². The summed E-state index contributed by atoms with van der Waals surface area (Å²) >= 11 is 2.49. The molecule has 0 radical (unpaired) electrons. The molecule has 1 nitrogen and oxygen atoms in total. The minimum absolute atomic E-state index is 0.682. The summed E-state index contributed by atoms with van der Waals surface area (Å²) in [6, 6.07) is 0.682. The molecule has 0 aliphatic carbocycles. The van der Waals surface area contributed by atoms with Crippen LogP contribution in [0, 0.1) is 5.92 Å². The number of halogens is 1. The molecule has 0 aromatic rings. The van der Waals surface area contributed by atoms with Gasteiger partial charge in [-0.05, 0) is 32.7 Å². The predicted octanol–water partition coefficient (Wildman–Crippen LogP) is 2.84. The monoisotopic (exact) mass is 269 g/mol. The van der Waals surface area contributed by atoms with Crippen LogP contribution in [0.5, 0.6) is 0 Å². The fourth-order valence-corrected chi connectivity index (χ4v) is 2.08. The maximum atomic E-state index is 3.28. The molecular weight excluding hydrogens is 249 g/mol. The lowest BCUT2D eigenvalue weighted by molar-refractivity contribution is 0.426. The van der Waals surface area contributed by atoms with Crippen molar-refractivity contribution >= 4 is 22.6 Å². The Hall–Kier alpha value is 0.690. The number of hydrogen-bond acceptors (Lipinski definition) is 1. The van der Waals surface area contributed by atoms with Crippen LogP contribution in [-0.2, 0) is 0 Å². The Kier molecular flexibility index (Phi) is 7.81. The van der Waals surface area contributed by atoms with Crippen LogP contribution >= 0.6 is 22.6 Å². The average molecular weight is 269 g/mol. The summed E-state index contributed by atoms with van der Waals surface area (Å²) in [5.41, 5.74) is 0. The third kappa shape index (κ3) is 5.91. The van der Waals surface area contributed by atoms with Crippen LogP contribution < -0.4 is 5.32 Å². The highest BCUT2D eigenvalue weighted by atomic mass is 127. The van der Waals surface area contributed by atoms with E-state index < -0.39 is 0 Å². The van der Waals surface area contributed by atoms with Gasteiger partial charge in [-0.25, -0.2) is 0 Å². The van der Waals surface area contributed by atoms with Crippen molar-refractivity contribution in [3.63, 3.8) is 0 Å². The van der Waals surface area contributed by atoms with Crippen molar-refractivity contribution < 1.29 is 0 Å². The standard InChI is InChI=1S/C9H20IN/c1-4-5-9(7-10)6-8(2)11-3/h8-9,11H,4-7H2,1-3H3. The van der Waals surface area contributed by atoms with Crippen molar-refractivity contribution in [2.45, 2.75) is 39.2 Å². The zero-order valence-electron chi connectivity index (χ0n) is 7.86. The predicted molar refractivity (Wildman–Crippen MR) is 60.4 cm³/mol. The van der Waals surface area contributed by atoms with Gasteiger partial charge in [0.15, 0.2) is 0 Å². The van der Waals surface area contributed by atoms with Crippen molar-refractivity contribution in [1.29, 1.82) is 0 Å². The summed E-state index contributed by atoms with van der Waals surface area (Å²) < 4.78 is 1.30. The molecule has 0 saturated carbocycles. The van der Waals surface area contributed by atoms with E-state index in [4.69, 9.17) is 0 Å². The number of alkyl halides is 1. The molecule has 68 valence electrons. The molecule has 0 amide bonds. The van der Waals surface area contributed by atoms with Gasteiger partial charge >= 0.3 is 0 Å². The van der Waals surface area contributed by atoms with Gasteiger partial charge in [0.2, 0.25) is 0 Å². The van der Waals surface area contributed by atoms with Gasteiger partial charge in [0.1, 0.15) is 0 Å². The Labute approximate surface area is 84.5 Å². The second-order valence-corrected chi connectivity index (χ2v) is 4.12. The second kappa shape index (κ2) is 7.35. The van der Waals surface area contributed by atoms with Crippen LogP contribution in [-0.4, -0.2) is 17.5 Å². The lowest BCUT2D eigenvalue weighted by Gasteiger charge is -2.17. The van der Waals surface area contributed by atoms with Crippen LogP contribution in [0.4, 0.5) is 0 Å². The van der Waals surface area contributed by atoms with Crippen LogP contribution in [0.2, 0.25) is 0 Å². The molecule has 2 unspecified atom stereocenters. The highest BCUT2D eigenvalue weighted by Crippen LogP contribution is 2.15. The lowest BCUT2D eigenvalue weighted by Crippen LogP contribution is -2.24. The Morgan fingerprint density at radius 3 is 2.45 bits per heavy atom. The van der Waals surface area contributed by atoms with E-state index in [0.29, 0.717) is 6.04 Å². The summed E-state index contributed by atoms with van der Waals surface area (Å²) in [4.78, 5) is 0. The minimum Gasteiger partial charge on any atom is -0.317 e. The van der Waals surface area contributed by atoms with Crippen molar-refractivity contribution in [2.75, 3.05) is 11.5 Å². The molecule has 2 atom stereocenters. The third-order valence-electron chi connectivity index (χ3n) is 2.09. The van der Waals surface area contributed by atoms with E-state index in [9.17, 15) is 0 Å². The van der Waals surface area contributed by atoms with Gasteiger partial charge < -0.3 is 5.32 Å². The first-order valence-electron chi connectivity index (χ1n) is 4.47. The number of nitrogens with one attached hydrogen (secondary N) is 1. The largest absolute Gasteiger partial charge is 0.317 e. The van der Waals surface area contributed by atoms with Crippen molar-refractivity contribution in [1.82, 2.24) is 5.32 Å². The molecule has 1 N–H and O–H groups in total. The Bertz CT molecular complexity index is 85.6. The van der Waals surface area contributed by atoms with E-state index in [-0.39, 0.29) is 0 Å². The molecule has 0 aliphatic heterocycles. The molecular formula is C9H20IN. The normalized spacial score (nSPS) is 16.4. The highest BCUT2D eigenvalue weighted by molar-refractivity contribution is 14.1. The molecule has 0 fully saturated rings. The Morgan fingerprint density at radius 2 is 2.09 bits per heavy atom. The number of rotatable bonds is 6. The Morgan fingerprint density at radius 1 is 1.45 bits per heavy atom. The van der Waals surface area contributed by atoms with Crippen molar-refractivity contribution in [3.8, 4) is 0 Å². The summed E-state index contributed by atoms with van der Waals surface area (Å²) in [6.45, 7) is 4.53. The molecule has 11 heavy (non-hydrogen) atoms. The van der Waals surface area contributed by atoms with E-state index >= 15 is 0 Å². The Balaban J connectivity index is 3.49. The van der Waals surface area contributed by atoms with Gasteiger partial charge in [0.25, 0.3) is 0 Å². The third-order valence-corrected chi connectivity index (χ3v) is 3.34. The summed E-state index contributed by atoms with van der Waals surface area (Å²) in [7, 11) is 2.04. The lowest BCUT2D eigenvalue weighted by atomic mass is 9.98. The van der Waals surface area contributed by atoms with E-state index in [0.717, 1.165) is 5.92 Å². The van der Waals surface area contributed by atoms with Crippen molar-refractivity contribution in [3.05, 3.63) is 0 Å². The van der Waals surface area contributed by atoms with Gasteiger partial charge in [-0.15, -0.1) is 0 Å². The van der Waals surface area contributed by atoms with E-state index in [1.165, 1.54) is 23.7 Å². The van der Waals surface area contributed by atoms with Crippen LogP contribution in [0.1, 0.15) is 33.1 Å². The molecule has 2 heteroatoms. The molecule has 0 heterocycles. The maximum absolute atomic E-state index is 3.28.